The van der Waals surface area contributed by atoms with Gasteiger partial charge in [0.2, 0.25) is 0 Å². The SMILES string of the molecule is COc1ccc(C2/C(=C(/O)c3ccc(OC)c(C(C)(C)C)c3)C(=O)C(=O)N2c2cccc(C(F)(F)F)c2)cc1. The monoisotopic (exact) mass is 539 g/mol. The Labute approximate surface area is 224 Å². The number of rotatable bonds is 5. The van der Waals surface area contributed by atoms with Crippen LogP contribution in [0.5, 0.6) is 11.5 Å². The first-order chi connectivity index (χ1) is 18.3. The van der Waals surface area contributed by atoms with Gasteiger partial charge in [-0.05, 0) is 59.5 Å². The lowest BCUT2D eigenvalue weighted by atomic mass is 9.84. The maximum absolute atomic E-state index is 13.5. The van der Waals surface area contributed by atoms with Crippen LogP contribution in [0.4, 0.5) is 18.9 Å². The molecule has 6 nitrogen and oxygen atoms in total. The molecule has 0 bridgehead atoms. The third-order valence-electron chi connectivity index (χ3n) is 6.61. The predicted octanol–water partition coefficient (Wildman–Crippen LogP) is 6.65. The van der Waals surface area contributed by atoms with E-state index < -0.39 is 35.2 Å². The Morgan fingerprint density at radius 2 is 1.56 bits per heavy atom. The quantitative estimate of drug-likeness (QED) is 0.223. The van der Waals surface area contributed by atoms with Crippen LogP contribution in [-0.4, -0.2) is 31.0 Å². The van der Waals surface area contributed by atoms with E-state index in [-0.39, 0.29) is 22.2 Å². The molecular formula is C30H28F3NO5. The van der Waals surface area contributed by atoms with Gasteiger partial charge in [-0.25, -0.2) is 0 Å². The highest BCUT2D eigenvalue weighted by atomic mass is 19.4. The highest BCUT2D eigenvalue weighted by Crippen LogP contribution is 2.44. The van der Waals surface area contributed by atoms with Crippen LogP contribution in [0, 0.1) is 0 Å². The number of ether oxygens (including phenoxy) is 2. The molecule has 0 aromatic heterocycles. The maximum atomic E-state index is 13.5. The Balaban J connectivity index is 1.96. The number of ketones is 1. The third kappa shape index (κ3) is 5.21. The number of anilines is 1. The van der Waals surface area contributed by atoms with Gasteiger partial charge < -0.3 is 14.6 Å². The molecule has 1 N–H and O–H groups in total. The van der Waals surface area contributed by atoms with E-state index in [1.165, 1.54) is 26.4 Å². The normalized spacial score (nSPS) is 17.4. The fraction of sp³-hybridized carbons (Fsp3) is 0.267. The molecular weight excluding hydrogens is 511 g/mol. The molecule has 1 saturated heterocycles. The van der Waals surface area contributed by atoms with E-state index in [9.17, 15) is 27.9 Å². The maximum Gasteiger partial charge on any atom is 0.416 e. The van der Waals surface area contributed by atoms with Gasteiger partial charge in [0.05, 0.1) is 31.4 Å². The Morgan fingerprint density at radius 3 is 2.13 bits per heavy atom. The average Bonchev–Trinajstić information content (AvgIpc) is 3.17. The van der Waals surface area contributed by atoms with Gasteiger partial charge in [0, 0.05) is 16.8 Å². The minimum atomic E-state index is -4.66. The molecule has 4 rings (SSSR count). The van der Waals surface area contributed by atoms with Crippen LogP contribution in [0.25, 0.3) is 5.76 Å². The molecule has 1 unspecified atom stereocenters. The summed E-state index contributed by atoms with van der Waals surface area (Å²) in [5.74, 6) is -1.44. The van der Waals surface area contributed by atoms with Crippen LogP contribution in [0.1, 0.15) is 49.1 Å². The lowest BCUT2D eigenvalue weighted by Gasteiger charge is -2.26. The van der Waals surface area contributed by atoms with Gasteiger partial charge in [0.15, 0.2) is 0 Å². The average molecular weight is 540 g/mol. The molecule has 9 heteroatoms. The molecule has 1 aliphatic heterocycles. The van der Waals surface area contributed by atoms with Crippen molar-refractivity contribution in [1.82, 2.24) is 0 Å². The zero-order valence-electron chi connectivity index (χ0n) is 22.1. The largest absolute Gasteiger partial charge is 0.507 e. The number of hydrogen-bond acceptors (Lipinski definition) is 5. The van der Waals surface area contributed by atoms with Crippen molar-refractivity contribution in [2.45, 2.75) is 38.4 Å². The highest BCUT2D eigenvalue weighted by Gasteiger charge is 2.47. The van der Waals surface area contributed by atoms with Crippen LogP contribution < -0.4 is 14.4 Å². The first-order valence-electron chi connectivity index (χ1n) is 12.1. The molecule has 0 aliphatic carbocycles. The summed E-state index contributed by atoms with van der Waals surface area (Å²) in [6.07, 6.45) is -4.66. The van der Waals surface area contributed by atoms with Crippen molar-refractivity contribution in [1.29, 1.82) is 0 Å². The number of nitrogens with zero attached hydrogens (tertiary/aromatic N) is 1. The van der Waals surface area contributed by atoms with Crippen LogP contribution in [0.2, 0.25) is 0 Å². The lowest BCUT2D eigenvalue weighted by Crippen LogP contribution is -2.29. The van der Waals surface area contributed by atoms with Crippen molar-refractivity contribution in [2.75, 3.05) is 19.1 Å². The van der Waals surface area contributed by atoms with Crippen LogP contribution in [0.3, 0.4) is 0 Å². The van der Waals surface area contributed by atoms with Crippen molar-refractivity contribution in [2.24, 2.45) is 0 Å². The van der Waals surface area contributed by atoms with E-state index in [0.717, 1.165) is 22.6 Å². The van der Waals surface area contributed by atoms with Gasteiger partial charge >= 0.3 is 6.18 Å². The fourth-order valence-electron chi connectivity index (χ4n) is 4.63. The van der Waals surface area contributed by atoms with Crippen LogP contribution in [0.15, 0.2) is 72.3 Å². The molecule has 39 heavy (non-hydrogen) atoms. The Bertz CT molecular complexity index is 1450. The molecule has 1 amide bonds. The molecule has 0 saturated carbocycles. The van der Waals surface area contributed by atoms with Crippen molar-refractivity contribution in [3.05, 3.63) is 94.6 Å². The second-order valence-electron chi connectivity index (χ2n) is 10.2. The number of carbonyl (C=O) groups is 2. The van der Waals surface area contributed by atoms with Crippen LogP contribution >= 0.6 is 0 Å². The van der Waals surface area contributed by atoms with Crippen molar-refractivity contribution in [3.63, 3.8) is 0 Å². The number of benzene rings is 3. The Kier molecular flexibility index (Phi) is 7.21. The van der Waals surface area contributed by atoms with Gasteiger partial charge in [-0.2, -0.15) is 13.2 Å². The van der Waals surface area contributed by atoms with Crippen molar-refractivity contribution in [3.8, 4) is 11.5 Å². The number of alkyl halides is 3. The Morgan fingerprint density at radius 1 is 0.897 bits per heavy atom. The summed E-state index contributed by atoms with van der Waals surface area (Å²) in [6, 6.07) is 14.3. The molecule has 0 spiro atoms. The van der Waals surface area contributed by atoms with Gasteiger partial charge in [0.1, 0.15) is 17.3 Å². The van der Waals surface area contributed by atoms with E-state index in [0.29, 0.717) is 17.1 Å². The molecule has 3 aromatic carbocycles. The van der Waals surface area contributed by atoms with E-state index in [4.69, 9.17) is 9.47 Å². The molecule has 1 fully saturated rings. The van der Waals surface area contributed by atoms with E-state index in [1.54, 1.807) is 42.5 Å². The number of hydrogen-bond donors (Lipinski definition) is 1. The molecule has 1 heterocycles. The summed E-state index contributed by atoms with van der Waals surface area (Å²) in [5.41, 5.74) is -0.312. The summed E-state index contributed by atoms with van der Waals surface area (Å²) in [4.78, 5) is 27.8. The van der Waals surface area contributed by atoms with Gasteiger partial charge in [0.25, 0.3) is 11.7 Å². The number of Topliss-reactive ketones (excluding diaryl/α,β-unsaturated/α-hetero) is 1. The third-order valence-corrected chi connectivity index (χ3v) is 6.61. The van der Waals surface area contributed by atoms with E-state index in [1.807, 2.05) is 20.8 Å². The predicted molar refractivity (Wildman–Crippen MR) is 141 cm³/mol. The number of amides is 1. The number of aliphatic hydroxyl groups excluding tert-OH is 1. The zero-order valence-corrected chi connectivity index (χ0v) is 22.1. The first kappa shape index (κ1) is 27.8. The molecule has 3 aromatic rings. The standard InChI is InChI=1S/C30H28F3NO5/c1-29(2,3)22-15-18(11-14-23(22)39-5)26(35)24-25(17-9-12-21(38-4)13-10-17)34(28(37)27(24)36)20-8-6-7-19(16-20)30(31,32)33/h6-16,25,35H,1-5H3/b26-24-. The van der Waals surface area contributed by atoms with Crippen LogP contribution in [-0.2, 0) is 21.2 Å². The summed E-state index contributed by atoms with van der Waals surface area (Å²) < 4.78 is 51.2. The molecule has 0 radical (unpaired) electrons. The van der Waals surface area contributed by atoms with Gasteiger partial charge in [-0.1, -0.05) is 39.0 Å². The molecule has 1 aliphatic rings. The summed E-state index contributed by atoms with van der Waals surface area (Å²) >= 11 is 0. The first-order valence-corrected chi connectivity index (χ1v) is 12.1. The summed E-state index contributed by atoms with van der Waals surface area (Å²) in [6.45, 7) is 5.87. The van der Waals surface area contributed by atoms with E-state index >= 15 is 0 Å². The lowest BCUT2D eigenvalue weighted by molar-refractivity contribution is -0.137. The topological polar surface area (TPSA) is 76.1 Å². The second-order valence-corrected chi connectivity index (χ2v) is 10.2. The zero-order chi connectivity index (χ0) is 28.7. The summed E-state index contributed by atoms with van der Waals surface area (Å²) in [5, 5.41) is 11.5. The molecule has 204 valence electrons. The number of aliphatic hydroxyl groups is 1. The highest BCUT2D eigenvalue weighted by molar-refractivity contribution is 6.51. The van der Waals surface area contributed by atoms with Gasteiger partial charge in [-0.15, -0.1) is 0 Å². The Hall–Kier alpha value is -4.27. The van der Waals surface area contributed by atoms with Crippen molar-refractivity contribution < 1.29 is 37.3 Å². The molecule has 1 atom stereocenters. The van der Waals surface area contributed by atoms with Crippen molar-refractivity contribution >= 4 is 23.1 Å². The fourth-order valence-corrected chi connectivity index (χ4v) is 4.63. The minimum Gasteiger partial charge on any atom is -0.507 e. The van der Waals surface area contributed by atoms with E-state index in [2.05, 4.69) is 0 Å². The number of carbonyl (C=O) groups excluding carboxylic acids is 2. The van der Waals surface area contributed by atoms with Gasteiger partial charge in [-0.3, -0.25) is 14.5 Å². The second kappa shape index (κ2) is 10.1. The number of methoxy groups -OCH3 is 2. The number of halogens is 3. The smallest absolute Gasteiger partial charge is 0.416 e. The summed E-state index contributed by atoms with van der Waals surface area (Å²) in [7, 11) is 2.99. The minimum absolute atomic E-state index is 0.128.